The van der Waals surface area contributed by atoms with Crippen LogP contribution in [0.1, 0.15) is 22.3 Å². The van der Waals surface area contributed by atoms with Gasteiger partial charge in [-0.05, 0) is 36.2 Å². The third-order valence-electron chi connectivity index (χ3n) is 4.77. The normalized spacial score (nSPS) is 22.1. The van der Waals surface area contributed by atoms with Crippen molar-refractivity contribution >= 4 is 27.4 Å². The maximum absolute atomic E-state index is 12.5. The van der Waals surface area contributed by atoms with Crippen molar-refractivity contribution in [3.8, 4) is 5.75 Å². The molecule has 146 valence electrons. The number of hydrogen-bond acceptors (Lipinski definition) is 6. The second-order valence-electron chi connectivity index (χ2n) is 6.92. The van der Waals surface area contributed by atoms with E-state index in [1.54, 1.807) is 18.2 Å². The maximum Gasteiger partial charge on any atom is 0.338 e. The van der Waals surface area contributed by atoms with Crippen LogP contribution in [0.25, 0.3) is 0 Å². The van der Waals surface area contributed by atoms with Crippen LogP contribution in [-0.4, -0.2) is 44.0 Å². The van der Waals surface area contributed by atoms with Crippen LogP contribution in [0, 0.1) is 0 Å². The van der Waals surface area contributed by atoms with Crippen molar-refractivity contribution < 1.29 is 27.5 Å². The van der Waals surface area contributed by atoms with Gasteiger partial charge in [0.05, 0.1) is 17.1 Å². The molecule has 2 heterocycles. The maximum atomic E-state index is 12.5. The predicted octanol–water partition coefficient (Wildman–Crippen LogP) is 1.97. The second kappa shape index (κ2) is 7.27. The highest BCUT2D eigenvalue weighted by atomic mass is 32.2. The first-order valence-electron chi connectivity index (χ1n) is 8.96. The van der Waals surface area contributed by atoms with Crippen LogP contribution in [0.3, 0.4) is 0 Å². The number of amides is 1. The Kier molecular flexibility index (Phi) is 4.80. The Balaban J connectivity index is 1.39. The zero-order valence-corrected chi connectivity index (χ0v) is 15.8. The van der Waals surface area contributed by atoms with Crippen LogP contribution in [0.4, 0.5) is 5.69 Å². The Morgan fingerprint density at radius 2 is 1.93 bits per heavy atom. The molecule has 2 unspecified atom stereocenters. The number of ether oxygens (including phenoxy) is 2. The second-order valence-corrected chi connectivity index (χ2v) is 9.15. The fraction of sp³-hybridized carbons (Fsp3) is 0.300. The molecule has 1 fully saturated rings. The number of sulfone groups is 1. The molecule has 2 atom stereocenters. The molecule has 28 heavy (non-hydrogen) atoms. The molecule has 1 N–H and O–H groups in total. The van der Waals surface area contributed by atoms with Crippen LogP contribution in [-0.2, 0) is 25.8 Å². The molecule has 0 radical (unpaired) electrons. The van der Waals surface area contributed by atoms with E-state index >= 15 is 0 Å². The number of benzene rings is 2. The van der Waals surface area contributed by atoms with Crippen LogP contribution in [0.5, 0.6) is 5.75 Å². The third kappa shape index (κ3) is 4.01. The Morgan fingerprint density at radius 3 is 2.68 bits per heavy atom. The van der Waals surface area contributed by atoms with Crippen LogP contribution in [0.2, 0.25) is 0 Å². The number of hydrogen-bond donors (Lipinski definition) is 1. The van der Waals surface area contributed by atoms with Gasteiger partial charge in [0.25, 0.3) is 5.91 Å². The summed E-state index contributed by atoms with van der Waals surface area (Å²) in [5, 5.41) is 2.75. The van der Waals surface area contributed by atoms with Crippen molar-refractivity contribution in [1.82, 2.24) is 0 Å². The molecule has 7 nitrogen and oxygen atoms in total. The molecule has 0 saturated carbocycles. The highest BCUT2D eigenvalue weighted by molar-refractivity contribution is 7.91. The van der Waals surface area contributed by atoms with Gasteiger partial charge in [0.15, 0.2) is 15.9 Å². The number of rotatable bonds is 4. The van der Waals surface area contributed by atoms with Gasteiger partial charge < -0.3 is 14.8 Å². The first-order valence-corrected chi connectivity index (χ1v) is 10.8. The molecule has 2 aromatic rings. The lowest BCUT2D eigenvalue weighted by Crippen LogP contribution is -2.31. The molecular weight excluding hydrogens is 382 g/mol. The number of para-hydroxylation sites is 1. The number of anilines is 1. The molecule has 0 aliphatic carbocycles. The average molecular weight is 401 g/mol. The van der Waals surface area contributed by atoms with E-state index in [1.807, 2.05) is 24.3 Å². The number of esters is 1. The summed E-state index contributed by atoms with van der Waals surface area (Å²) in [5.74, 6) is -0.322. The summed E-state index contributed by atoms with van der Waals surface area (Å²) in [6.45, 7) is 0. The molecule has 2 aliphatic heterocycles. The van der Waals surface area contributed by atoms with Gasteiger partial charge in [-0.25, -0.2) is 13.2 Å². The van der Waals surface area contributed by atoms with Gasteiger partial charge in [-0.1, -0.05) is 24.3 Å². The summed E-state index contributed by atoms with van der Waals surface area (Å²) in [5.41, 5.74) is 1.67. The summed E-state index contributed by atoms with van der Waals surface area (Å²) in [7, 11) is -3.13. The number of carbonyl (C=O) groups is 2. The Morgan fingerprint density at radius 1 is 1.11 bits per heavy atom. The first kappa shape index (κ1) is 18.5. The summed E-state index contributed by atoms with van der Waals surface area (Å²) in [6.07, 6.45) is -0.456. The van der Waals surface area contributed by atoms with Gasteiger partial charge in [0.2, 0.25) is 0 Å². The van der Waals surface area contributed by atoms with E-state index < -0.39 is 28.0 Å². The monoisotopic (exact) mass is 401 g/mol. The summed E-state index contributed by atoms with van der Waals surface area (Å²) in [6, 6.07) is 13.8. The molecule has 8 heteroatoms. The van der Waals surface area contributed by atoms with Crippen LogP contribution in [0.15, 0.2) is 48.5 Å². The van der Waals surface area contributed by atoms with Crippen molar-refractivity contribution in [2.75, 3.05) is 16.8 Å². The van der Waals surface area contributed by atoms with Crippen molar-refractivity contribution in [2.24, 2.45) is 0 Å². The van der Waals surface area contributed by atoms with Gasteiger partial charge in [-0.15, -0.1) is 0 Å². The fourth-order valence-corrected chi connectivity index (χ4v) is 4.94. The molecule has 2 aromatic carbocycles. The highest BCUT2D eigenvalue weighted by Crippen LogP contribution is 2.28. The van der Waals surface area contributed by atoms with E-state index in [0.29, 0.717) is 24.3 Å². The highest BCUT2D eigenvalue weighted by Gasteiger charge is 2.31. The molecule has 0 bridgehead atoms. The quantitative estimate of drug-likeness (QED) is 0.787. The molecule has 0 aromatic heterocycles. The molecule has 4 rings (SSSR count). The molecular formula is C20H19NO6S. The van der Waals surface area contributed by atoms with E-state index in [0.717, 1.165) is 5.56 Å². The van der Waals surface area contributed by atoms with Gasteiger partial charge in [-0.2, -0.15) is 0 Å². The number of fused-ring (bicyclic) bond motifs is 1. The molecule has 1 amide bonds. The van der Waals surface area contributed by atoms with Gasteiger partial charge in [0, 0.05) is 12.1 Å². The minimum Gasteiger partial charge on any atom is -0.480 e. The van der Waals surface area contributed by atoms with E-state index in [-0.39, 0.29) is 23.0 Å². The van der Waals surface area contributed by atoms with Gasteiger partial charge in [0.1, 0.15) is 11.9 Å². The standard InChI is InChI=1S/C20H19NO6S/c22-19(18-11-13-4-1-2-7-17(13)27-18)21-15-6-3-5-14(10-15)20(23)26-16-8-9-28(24,25)12-16/h1-7,10,16,18H,8-9,11-12H2,(H,21,22). The summed E-state index contributed by atoms with van der Waals surface area (Å²) in [4.78, 5) is 24.8. The molecule has 2 aliphatic rings. The van der Waals surface area contributed by atoms with Crippen molar-refractivity contribution in [2.45, 2.75) is 25.0 Å². The minimum absolute atomic E-state index is 0.0326. The lowest BCUT2D eigenvalue weighted by atomic mass is 10.1. The van der Waals surface area contributed by atoms with Gasteiger partial charge >= 0.3 is 5.97 Å². The van der Waals surface area contributed by atoms with Crippen LogP contribution < -0.4 is 10.1 Å². The van der Waals surface area contributed by atoms with E-state index in [4.69, 9.17) is 9.47 Å². The third-order valence-corrected chi connectivity index (χ3v) is 6.51. The van der Waals surface area contributed by atoms with Gasteiger partial charge in [-0.3, -0.25) is 4.79 Å². The summed E-state index contributed by atoms with van der Waals surface area (Å²) < 4.78 is 33.9. The Hall–Kier alpha value is -2.87. The predicted molar refractivity (Wildman–Crippen MR) is 102 cm³/mol. The van der Waals surface area contributed by atoms with Crippen molar-refractivity contribution in [3.05, 3.63) is 59.7 Å². The number of nitrogens with one attached hydrogen (secondary N) is 1. The topological polar surface area (TPSA) is 98.8 Å². The van der Waals surface area contributed by atoms with E-state index in [9.17, 15) is 18.0 Å². The average Bonchev–Trinajstić information content (AvgIpc) is 3.24. The van der Waals surface area contributed by atoms with Crippen molar-refractivity contribution in [1.29, 1.82) is 0 Å². The summed E-state index contributed by atoms with van der Waals surface area (Å²) >= 11 is 0. The molecule has 0 spiro atoms. The zero-order valence-electron chi connectivity index (χ0n) is 15.0. The Labute approximate surface area is 162 Å². The van der Waals surface area contributed by atoms with Crippen molar-refractivity contribution in [3.63, 3.8) is 0 Å². The zero-order chi connectivity index (χ0) is 19.7. The van der Waals surface area contributed by atoms with E-state index in [2.05, 4.69) is 5.32 Å². The smallest absolute Gasteiger partial charge is 0.338 e. The SMILES string of the molecule is O=C(OC1CCS(=O)(=O)C1)c1cccc(NC(=O)C2Cc3ccccc3O2)c1. The molecule has 1 saturated heterocycles. The fourth-order valence-electron chi connectivity index (χ4n) is 3.35. The van der Waals surface area contributed by atoms with E-state index in [1.165, 1.54) is 6.07 Å². The largest absolute Gasteiger partial charge is 0.480 e. The van der Waals surface area contributed by atoms with Crippen LogP contribution >= 0.6 is 0 Å². The first-order chi connectivity index (χ1) is 13.4. The minimum atomic E-state index is -3.13. The number of carbonyl (C=O) groups excluding carboxylic acids is 2. The Bertz CT molecular complexity index is 1010. The lowest BCUT2D eigenvalue weighted by molar-refractivity contribution is -0.122. The lowest BCUT2D eigenvalue weighted by Gasteiger charge is -2.13.